The van der Waals surface area contributed by atoms with Crippen LogP contribution >= 0.6 is 0 Å². The fourth-order valence-corrected chi connectivity index (χ4v) is 2.41. The summed E-state index contributed by atoms with van der Waals surface area (Å²) in [6, 6.07) is -0.339. The topological polar surface area (TPSA) is 63.4 Å². The molecule has 2 aliphatic heterocycles. The number of rotatable bonds is 1. The summed E-state index contributed by atoms with van der Waals surface area (Å²) in [6.07, 6.45) is 1.70. The second-order valence-corrected chi connectivity index (χ2v) is 4.03. The molecule has 2 heterocycles. The van der Waals surface area contributed by atoms with E-state index in [1.165, 1.54) is 0 Å². The molecule has 2 saturated heterocycles. The minimum absolute atomic E-state index is 0.0874. The normalized spacial score (nSPS) is 38.1. The van der Waals surface area contributed by atoms with Gasteiger partial charge in [0, 0.05) is 12.5 Å². The maximum atomic E-state index is 11.6. The molecular formula is C9H14N2O2. The lowest BCUT2D eigenvalue weighted by Crippen LogP contribution is -2.47. The van der Waals surface area contributed by atoms with Gasteiger partial charge in [0.2, 0.25) is 11.8 Å². The molecule has 2 amide bonds. The first kappa shape index (κ1) is 8.53. The Morgan fingerprint density at radius 1 is 1.54 bits per heavy atom. The summed E-state index contributed by atoms with van der Waals surface area (Å²) in [5, 5.41) is 0. The Morgan fingerprint density at radius 3 is 2.85 bits per heavy atom. The summed E-state index contributed by atoms with van der Waals surface area (Å²) in [5.74, 6) is 0.277. The van der Waals surface area contributed by atoms with Crippen LogP contribution in [0.2, 0.25) is 0 Å². The third kappa shape index (κ3) is 1.12. The van der Waals surface area contributed by atoms with Crippen molar-refractivity contribution in [1.82, 2.24) is 4.90 Å². The van der Waals surface area contributed by atoms with Crippen LogP contribution in [0, 0.1) is 11.8 Å². The standard InChI is InChI=1S/C9H14N2O2/c1-5-6-2-3-7(8(10)12)11(4-6)9(5)13/h5-7H,2-4H2,1H3,(H2,10,12)/t5?,6-,7+/m1/s1. The van der Waals surface area contributed by atoms with E-state index in [1.807, 2.05) is 6.92 Å². The Morgan fingerprint density at radius 2 is 2.23 bits per heavy atom. The number of amides is 2. The lowest BCUT2D eigenvalue weighted by Gasteiger charge is -2.29. The summed E-state index contributed by atoms with van der Waals surface area (Å²) >= 11 is 0. The van der Waals surface area contributed by atoms with Gasteiger partial charge in [0.15, 0.2) is 0 Å². The zero-order valence-corrected chi connectivity index (χ0v) is 7.69. The zero-order valence-electron chi connectivity index (χ0n) is 7.69. The third-order valence-corrected chi connectivity index (χ3v) is 3.33. The van der Waals surface area contributed by atoms with E-state index in [0.29, 0.717) is 5.92 Å². The fourth-order valence-electron chi connectivity index (χ4n) is 2.41. The van der Waals surface area contributed by atoms with E-state index in [-0.39, 0.29) is 23.8 Å². The first-order chi connectivity index (χ1) is 6.11. The highest BCUT2D eigenvalue weighted by Crippen LogP contribution is 2.35. The molecule has 3 atom stereocenters. The molecule has 13 heavy (non-hydrogen) atoms. The number of carbonyl (C=O) groups is 2. The lowest BCUT2D eigenvalue weighted by molar-refractivity contribution is -0.137. The van der Waals surface area contributed by atoms with Crippen molar-refractivity contribution in [1.29, 1.82) is 0 Å². The van der Waals surface area contributed by atoms with Gasteiger partial charge in [0.1, 0.15) is 6.04 Å². The van der Waals surface area contributed by atoms with Crippen molar-refractivity contribution in [3.8, 4) is 0 Å². The molecule has 2 fully saturated rings. The highest BCUT2D eigenvalue weighted by molar-refractivity contribution is 5.89. The number of piperidine rings is 1. The van der Waals surface area contributed by atoms with Crippen molar-refractivity contribution in [3.63, 3.8) is 0 Å². The molecule has 72 valence electrons. The van der Waals surface area contributed by atoms with Crippen LogP contribution < -0.4 is 5.73 Å². The maximum Gasteiger partial charge on any atom is 0.240 e. The maximum absolute atomic E-state index is 11.6. The van der Waals surface area contributed by atoms with Gasteiger partial charge < -0.3 is 10.6 Å². The van der Waals surface area contributed by atoms with Crippen molar-refractivity contribution < 1.29 is 9.59 Å². The first-order valence-electron chi connectivity index (χ1n) is 4.71. The minimum Gasteiger partial charge on any atom is -0.368 e. The average Bonchev–Trinajstić information content (AvgIpc) is 2.32. The second kappa shape index (κ2) is 2.72. The number of primary amides is 1. The Hall–Kier alpha value is -1.06. The molecule has 0 saturated carbocycles. The van der Waals surface area contributed by atoms with Crippen molar-refractivity contribution >= 4 is 11.8 Å². The van der Waals surface area contributed by atoms with Crippen molar-refractivity contribution in [3.05, 3.63) is 0 Å². The Labute approximate surface area is 77.1 Å². The van der Waals surface area contributed by atoms with Gasteiger partial charge in [-0.25, -0.2) is 0 Å². The van der Waals surface area contributed by atoms with Gasteiger partial charge in [0.05, 0.1) is 0 Å². The zero-order chi connectivity index (χ0) is 9.59. The average molecular weight is 182 g/mol. The molecular weight excluding hydrogens is 168 g/mol. The molecule has 0 aromatic heterocycles. The number of nitrogens with two attached hydrogens (primary N) is 1. The highest BCUT2D eigenvalue weighted by atomic mass is 16.2. The monoisotopic (exact) mass is 182 g/mol. The van der Waals surface area contributed by atoms with Crippen LogP contribution in [-0.4, -0.2) is 29.3 Å². The van der Waals surface area contributed by atoms with Crippen LogP contribution in [0.1, 0.15) is 19.8 Å². The smallest absolute Gasteiger partial charge is 0.240 e. The molecule has 1 unspecified atom stereocenters. The van der Waals surface area contributed by atoms with E-state index in [9.17, 15) is 9.59 Å². The Bertz CT molecular complexity index is 264. The van der Waals surface area contributed by atoms with Gasteiger partial charge >= 0.3 is 0 Å². The van der Waals surface area contributed by atoms with Crippen LogP contribution in [0.4, 0.5) is 0 Å². The number of hydrogen-bond donors (Lipinski definition) is 1. The molecule has 0 aromatic rings. The summed E-state index contributed by atoms with van der Waals surface area (Å²) < 4.78 is 0. The van der Waals surface area contributed by atoms with E-state index < -0.39 is 0 Å². The van der Waals surface area contributed by atoms with Gasteiger partial charge in [-0.15, -0.1) is 0 Å². The van der Waals surface area contributed by atoms with E-state index in [1.54, 1.807) is 4.90 Å². The van der Waals surface area contributed by atoms with Gasteiger partial charge in [-0.05, 0) is 18.8 Å². The Balaban J connectivity index is 2.22. The number of fused-ring (bicyclic) bond motifs is 2. The summed E-state index contributed by atoms with van der Waals surface area (Å²) in [6.45, 7) is 2.67. The minimum atomic E-state index is -0.360. The van der Waals surface area contributed by atoms with E-state index in [4.69, 9.17) is 5.73 Å². The molecule has 0 radical (unpaired) electrons. The summed E-state index contributed by atoms with van der Waals surface area (Å²) in [5.41, 5.74) is 5.23. The number of nitrogens with zero attached hydrogens (tertiary/aromatic N) is 1. The van der Waals surface area contributed by atoms with E-state index in [0.717, 1.165) is 19.4 Å². The van der Waals surface area contributed by atoms with Crippen LogP contribution in [-0.2, 0) is 9.59 Å². The Kier molecular flexibility index (Phi) is 1.78. The molecule has 0 aromatic carbocycles. The predicted octanol–water partition coefficient (Wildman–Crippen LogP) is -0.271. The second-order valence-electron chi connectivity index (χ2n) is 4.03. The van der Waals surface area contributed by atoms with E-state index in [2.05, 4.69) is 0 Å². The quantitative estimate of drug-likeness (QED) is 0.606. The fraction of sp³-hybridized carbons (Fsp3) is 0.778. The van der Waals surface area contributed by atoms with Gasteiger partial charge in [-0.3, -0.25) is 9.59 Å². The summed E-state index contributed by atoms with van der Waals surface area (Å²) in [4.78, 5) is 24.3. The van der Waals surface area contributed by atoms with Gasteiger partial charge in [0.25, 0.3) is 0 Å². The van der Waals surface area contributed by atoms with Crippen molar-refractivity contribution in [2.75, 3.05) is 6.54 Å². The van der Waals surface area contributed by atoms with Crippen molar-refractivity contribution in [2.45, 2.75) is 25.8 Å². The van der Waals surface area contributed by atoms with E-state index >= 15 is 0 Å². The molecule has 2 bridgehead atoms. The van der Waals surface area contributed by atoms with Crippen LogP contribution in [0.5, 0.6) is 0 Å². The molecule has 4 nitrogen and oxygen atoms in total. The third-order valence-electron chi connectivity index (χ3n) is 3.33. The SMILES string of the molecule is CC1C(=O)N2C[C@H]1CC[C@H]2C(N)=O. The molecule has 0 aliphatic carbocycles. The molecule has 0 spiro atoms. The highest BCUT2D eigenvalue weighted by Gasteiger charge is 2.45. The molecule has 2 rings (SSSR count). The predicted molar refractivity (Wildman–Crippen MR) is 46.6 cm³/mol. The number of carbonyl (C=O) groups excluding carboxylic acids is 2. The number of hydrogen-bond acceptors (Lipinski definition) is 2. The molecule has 2 aliphatic rings. The van der Waals surface area contributed by atoms with Crippen molar-refractivity contribution in [2.24, 2.45) is 17.6 Å². The molecule has 2 N–H and O–H groups in total. The first-order valence-corrected chi connectivity index (χ1v) is 4.71. The van der Waals surface area contributed by atoms with Crippen LogP contribution in [0.3, 0.4) is 0 Å². The lowest BCUT2D eigenvalue weighted by atomic mass is 9.90. The van der Waals surface area contributed by atoms with Gasteiger partial charge in [-0.1, -0.05) is 6.92 Å². The summed E-state index contributed by atoms with van der Waals surface area (Å²) in [7, 11) is 0. The largest absolute Gasteiger partial charge is 0.368 e. The van der Waals surface area contributed by atoms with Gasteiger partial charge in [-0.2, -0.15) is 0 Å². The van der Waals surface area contributed by atoms with Crippen LogP contribution in [0.25, 0.3) is 0 Å². The molecule has 4 heteroatoms. The van der Waals surface area contributed by atoms with Crippen LogP contribution in [0.15, 0.2) is 0 Å².